The number of hydrogen-bond acceptors (Lipinski definition) is 8. The Hall–Kier alpha value is -2.30. The third-order valence-corrected chi connectivity index (χ3v) is 5.17. The number of nitrogens with zero attached hydrogens (tertiary/aromatic N) is 6. The van der Waals surface area contributed by atoms with E-state index in [1.165, 1.54) is 6.33 Å². The molecule has 146 valence electrons. The van der Waals surface area contributed by atoms with Gasteiger partial charge in [0.05, 0.1) is 26.3 Å². The number of amides is 1. The summed E-state index contributed by atoms with van der Waals surface area (Å²) in [6, 6.07) is 1.74. The Morgan fingerprint density at radius 3 is 3.00 bits per heavy atom. The highest BCUT2D eigenvalue weighted by atomic mass is 16.5. The van der Waals surface area contributed by atoms with Crippen LogP contribution in [0.4, 0.5) is 5.82 Å². The number of carbonyl (C=O) groups excluding carboxylic acids is 1. The van der Waals surface area contributed by atoms with Gasteiger partial charge in [0.15, 0.2) is 0 Å². The second-order valence-electron chi connectivity index (χ2n) is 7.29. The summed E-state index contributed by atoms with van der Waals surface area (Å²) in [5, 5.41) is 7.15. The van der Waals surface area contributed by atoms with Crippen LogP contribution in [0.5, 0.6) is 0 Å². The van der Waals surface area contributed by atoms with Gasteiger partial charge in [0.1, 0.15) is 23.8 Å². The van der Waals surface area contributed by atoms with Crippen LogP contribution in [0.25, 0.3) is 5.78 Å². The molecule has 2 aliphatic heterocycles. The molecule has 27 heavy (non-hydrogen) atoms. The lowest BCUT2D eigenvalue weighted by molar-refractivity contribution is -0.157. The van der Waals surface area contributed by atoms with Gasteiger partial charge in [-0.05, 0) is 14.0 Å². The Labute approximate surface area is 157 Å². The van der Waals surface area contributed by atoms with Crippen LogP contribution >= 0.6 is 0 Å². The minimum atomic E-state index is -0.272. The number of morpholine rings is 1. The fraction of sp³-hybridized carbons (Fsp3) is 0.647. The van der Waals surface area contributed by atoms with E-state index in [1.807, 2.05) is 20.0 Å². The molecule has 4 heterocycles. The van der Waals surface area contributed by atoms with Crippen molar-refractivity contribution in [3.05, 3.63) is 18.1 Å². The van der Waals surface area contributed by atoms with Crippen molar-refractivity contribution in [3.8, 4) is 0 Å². The van der Waals surface area contributed by atoms with E-state index in [9.17, 15) is 4.79 Å². The number of nitrogens with one attached hydrogen (secondary N) is 1. The average Bonchev–Trinajstić information content (AvgIpc) is 3.07. The Bertz CT molecular complexity index is 833. The first-order chi connectivity index (χ1) is 13.0. The third-order valence-electron chi connectivity index (χ3n) is 5.17. The monoisotopic (exact) mass is 375 g/mol. The molecule has 2 fully saturated rings. The Morgan fingerprint density at radius 1 is 1.44 bits per heavy atom. The predicted octanol–water partition coefficient (Wildman–Crippen LogP) is -0.915. The van der Waals surface area contributed by atoms with Crippen LogP contribution < -0.4 is 10.2 Å². The normalized spacial score (nSPS) is 22.2. The molecule has 2 aliphatic rings. The topological polar surface area (TPSA) is 97.1 Å². The third kappa shape index (κ3) is 3.35. The molecule has 10 heteroatoms. The quantitative estimate of drug-likeness (QED) is 0.671. The predicted molar refractivity (Wildman–Crippen MR) is 97.7 cm³/mol. The smallest absolute Gasteiger partial charge is 0.254 e. The van der Waals surface area contributed by atoms with Crippen LogP contribution in [0.2, 0.25) is 0 Å². The Balaban J connectivity index is 1.39. The summed E-state index contributed by atoms with van der Waals surface area (Å²) in [5.74, 6) is 1.54. The molecule has 0 unspecified atom stereocenters. The molecule has 4 rings (SSSR count). The molecule has 2 aromatic heterocycles. The minimum Gasteiger partial charge on any atom is -0.383 e. The lowest BCUT2D eigenvalue weighted by atomic mass is 9.90. The highest BCUT2D eigenvalue weighted by Gasteiger charge is 2.50. The lowest BCUT2D eigenvalue weighted by Gasteiger charge is -2.55. The second-order valence-corrected chi connectivity index (χ2v) is 7.29. The molecular formula is C17H25N7O3. The summed E-state index contributed by atoms with van der Waals surface area (Å²) in [6.45, 7) is 5.54. The molecule has 2 aromatic rings. The van der Waals surface area contributed by atoms with Crippen molar-refractivity contribution in [1.82, 2.24) is 29.8 Å². The first kappa shape index (κ1) is 18.1. The van der Waals surface area contributed by atoms with E-state index < -0.39 is 0 Å². The zero-order chi connectivity index (χ0) is 19.0. The summed E-state index contributed by atoms with van der Waals surface area (Å²) in [7, 11) is 3.59. The SMILES string of the molecule is COCCNC(=O)[C@@H]1COC2(CN(c3cc(C)nc4ncnn34)C2)CN1C. The summed E-state index contributed by atoms with van der Waals surface area (Å²) >= 11 is 0. The molecule has 1 spiro atoms. The average molecular weight is 375 g/mol. The molecule has 0 radical (unpaired) electrons. The second kappa shape index (κ2) is 7.02. The number of carbonyl (C=O) groups is 1. The van der Waals surface area contributed by atoms with Gasteiger partial charge in [0, 0.05) is 32.0 Å². The molecular weight excluding hydrogens is 350 g/mol. The number of ether oxygens (including phenoxy) is 2. The maximum Gasteiger partial charge on any atom is 0.254 e. The van der Waals surface area contributed by atoms with E-state index in [-0.39, 0.29) is 17.6 Å². The van der Waals surface area contributed by atoms with Crippen LogP contribution in [-0.4, -0.2) is 95.6 Å². The van der Waals surface area contributed by atoms with Gasteiger partial charge in [-0.3, -0.25) is 9.69 Å². The highest BCUT2D eigenvalue weighted by Crippen LogP contribution is 2.34. The van der Waals surface area contributed by atoms with Crippen molar-refractivity contribution in [2.24, 2.45) is 0 Å². The summed E-state index contributed by atoms with van der Waals surface area (Å²) < 4.78 is 12.9. The van der Waals surface area contributed by atoms with Crippen LogP contribution in [0.1, 0.15) is 5.69 Å². The summed E-state index contributed by atoms with van der Waals surface area (Å²) in [5.41, 5.74) is 0.642. The molecule has 2 saturated heterocycles. The highest BCUT2D eigenvalue weighted by molar-refractivity contribution is 5.82. The fourth-order valence-electron chi connectivity index (χ4n) is 3.80. The van der Waals surface area contributed by atoms with Crippen LogP contribution in [0.15, 0.2) is 12.4 Å². The van der Waals surface area contributed by atoms with Crippen molar-refractivity contribution < 1.29 is 14.3 Å². The maximum absolute atomic E-state index is 12.3. The number of rotatable bonds is 5. The summed E-state index contributed by atoms with van der Waals surface area (Å²) in [6.07, 6.45) is 1.51. The van der Waals surface area contributed by atoms with Crippen molar-refractivity contribution in [2.75, 3.05) is 58.5 Å². The maximum atomic E-state index is 12.3. The first-order valence-corrected chi connectivity index (χ1v) is 9.04. The minimum absolute atomic E-state index is 0.0188. The van der Waals surface area contributed by atoms with Crippen LogP contribution in [0, 0.1) is 6.92 Å². The fourth-order valence-corrected chi connectivity index (χ4v) is 3.80. The van der Waals surface area contributed by atoms with E-state index >= 15 is 0 Å². The number of likely N-dealkylation sites (N-methyl/N-ethyl adjacent to an activating group) is 1. The van der Waals surface area contributed by atoms with Gasteiger partial charge in [-0.25, -0.2) is 4.98 Å². The van der Waals surface area contributed by atoms with Gasteiger partial charge in [-0.1, -0.05) is 0 Å². The molecule has 1 N–H and O–H groups in total. The number of aryl methyl sites for hydroxylation is 1. The molecule has 0 saturated carbocycles. The molecule has 1 amide bonds. The van der Waals surface area contributed by atoms with Crippen molar-refractivity contribution in [2.45, 2.75) is 18.6 Å². The van der Waals surface area contributed by atoms with Gasteiger partial charge >= 0.3 is 0 Å². The van der Waals surface area contributed by atoms with E-state index in [0.717, 1.165) is 24.6 Å². The van der Waals surface area contributed by atoms with Crippen LogP contribution in [0.3, 0.4) is 0 Å². The molecule has 0 bridgehead atoms. The first-order valence-electron chi connectivity index (χ1n) is 9.04. The van der Waals surface area contributed by atoms with Crippen molar-refractivity contribution in [1.29, 1.82) is 0 Å². The summed E-state index contributed by atoms with van der Waals surface area (Å²) in [4.78, 5) is 25.2. The standard InChI is InChI=1S/C17H25N7O3/c1-12-6-14(24-16(21-12)19-11-20-24)23-9-17(10-23)8-22(2)13(7-27-17)15(25)18-4-5-26-3/h6,11,13H,4-5,7-10H2,1-3H3,(H,18,25)/t13-/m0/s1. The molecule has 1 atom stereocenters. The molecule has 0 aromatic carbocycles. The number of methoxy groups -OCH3 is 1. The van der Waals surface area contributed by atoms with E-state index in [4.69, 9.17) is 9.47 Å². The number of anilines is 1. The Kier molecular flexibility index (Phi) is 4.70. The molecule has 10 nitrogen and oxygen atoms in total. The van der Waals surface area contributed by atoms with Gasteiger partial charge in [-0.2, -0.15) is 14.6 Å². The van der Waals surface area contributed by atoms with Gasteiger partial charge < -0.3 is 19.7 Å². The number of hydrogen-bond donors (Lipinski definition) is 1. The number of aromatic nitrogens is 4. The zero-order valence-electron chi connectivity index (χ0n) is 15.9. The van der Waals surface area contributed by atoms with Gasteiger partial charge in [0.25, 0.3) is 5.78 Å². The largest absolute Gasteiger partial charge is 0.383 e. The molecule has 0 aliphatic carbocycles. The van der Waals surface area contributed by atoms with Crippen molar-refractivity contribution in [3.63, 3.8) is 0 Å². The van der Waals surface area contributed by atoms with Gasteiger partial charge in [-0.15, -0.1) is 0 Å². The number of fused-ring (bicyclic) bond motifs is 1. The lowest BCUT2D eigenvalue weighted by Crippen LogP contribution is -2.72. The van der Waals surface area contributed by atoms with E-state index in [1.54, 1.807) is 11.6 Å². The van der Waals surface area contributed by atoms with Crippen LogP contribution in [-0.2, 0) is 14.3 Å². The van der Waals surface area contributed by atoms with Gasteiger partial charge in [0.2, 0.25) is 5.91 Å². The van der Waals surface area contributed by atoms with E-state index in [0.29, 0.717) is 32.1 Å². The zero-order valence-corrected chi connectivity index (χ0v) is 15.9. The van der Waals surface area contributed by atoms with Crippen molar-refractivity contribution >= 4 is 17.5 Å². The Morgan fingerprint density at radius 2 is 2.26 bits per heavy atom. The van der Waals surface area contributed by atoms with E-state index in [2.05, 4.69) is 30.2 Å².